The molecule has 15 heavy (non-hydrogen) atoms. The van der Waals surface area contributed by atoms with Gasteiger partial charge >= 0.3 is 5.97 Å². The molecule has 0 fully saturated rings. The van der Waals surface area contributed by atoms with E-state index in [0.29, 0.717) is 0 Å². The highest BCUT2D eigenvalue weighted by Crippen LogP contribution is 2.22. The first kappa shape index (κ1) is 11.3. The van der Waals surface area contributed by atoms with E-state index in [9.17, 15) is 4.79 Å². The molecular weight excluding hydrogens is 218 g/mol. The van der Waals surface area contributed by atoms with E-state index in [1.807, 2.05) is 0 Å². The third-order valence-electron chi connectivity index (χ3n) is 1.68. The molecule has 1 aromatic rings. The maximum absolute atomic E-state index is 11.4. The third-order valence-corrected chi connectivity index (χ3v) is 1.97. The van der Waals surface area contributed by atoms with Gasteiger partial charge in [-0.05, 0) is 6.92 Å². The van der Waals surface area contributed by atoms with E-state index in [-0.39, 0.29) is 28.6 Å². The molecule has 0 bridgehead atoms. The minimum Gasteiger partial charge on any atom is -0.462 e. The lowest BCUT2D eigenvalue weighted by atomic mass is 10.1. The highest BCUT2D eigenvalue weighted by molar-refractivity contribution is 6.31. The molecule has 0 atom stereocenters. The summed E-state index contributed by atoms with van der Waals surface area (Å²) in [5, 5.41) is 8.70. The number of rotatable bonds is 2. The SMILES string of the molecule is CCOC(=O)c1cnc(Cl)c(C#N)c1N. The summed E-state index contributed by atoms with van der Waals surface area (Å²) >= 11 is 5.62. The van der Waals surface area contributed by atoms with Crippen LogP contribution in [0.5, 0.6) is 0 Å². The second-order valence-corrected chi connectivity index (χ2v) is 2.94. The normalized spacial score (nSPS) is 9.40. The predicted molar refractivity (Wildman–Crippen MR) is 54.3 cm³/mol. The van der Waals surface area contributed by atoms with Gasteiger partial charge in [0.05, 0.1) is 12.3 Å². The molecule has 1 aromatic heterocycles. The Kier molecular flexibility index (Phi) is 3.47. The van der Waals surface area contributed by atoms with E-state index in [1.54, 1.807) is 13.0 Å². The summed E-state index contributed by atoms with van der Waals surface area (Å²) in [5.74, 6) is -0.615. The first-order valence-corrected chi connectivity index (χ1v) is 4.50. The van der Waals surface area contributed by atoms with Crippen LogP contribution in [0.15, 0.2) is 6.20 Å². The van der Waals surface area contributed by atoms with Crippen molar-refractivity contribution in [1.29, 1.82) is 5.26 Å². The van der Waals surface area contributed by atoms with Gasteiger partial charge in [-0.25, -0.2) is 9.78 Å². The third kappa shape index (κ3) is 2.17. The molecular formula is C9H8ClN3O2. The van der Waals surface area contributed by atoms with Crippen LogP contribution in [-0.4, -0.2) is 17.6 Å². The zero-order chi connectivity index (χ0) is 11.4. The average molecular weight is 226 g/mol. The fraction of sp³-hybridized carbons (Fsp3) is 0.222. The predicted octanol–water partition coefficient (Wildman–Crippen LogP) is 1.37. The molecule has 0 aliphatic rings. The summed E-state index contributed by atoms with van der Waals surface area (Å²) in [6.07, 6.45) is 1.19. The molecule has 0 amide bonds. The summed E-state index contributed by atoms with van der Waals surface area (Å²) in [6.45, 7) is 1.89. The highest BCUT2D eigenvalue weighted by Gasteiger charge is 2.17. The molecule has 2 N–H and O–H groups in total. The van der Waals surface area contributed by atoms with Gasteiger partial charge in [-0.3, -0.25) is 0 Å². The Hall–Kier alpha value is -1.80. The van der Waals surface area contributed by atoms with Gasteiger partial charge in [0.25, 0.3) is 0 Å². The van der Waals surface area contributed by atoms with Crippen molar-refractivity contribution >= 4 is 23.3 Å². The first-order chi connectivity index (χ1) is 7.11. The van der Waals surface area contributed by atoms with Crippen molar-refractivity contribution in [2.75, 3.05) is 12.3 Å². The van der Waals surface area contributed by atoms with E-state index in [2.05, 4.69) is 4.98 Å². The van der Waals surface area contributed by atoms with Crippen molar-refractivity contribution in [2.45, 2.75) is 6.92 Å². The number of ether oxygens (including phenoxy) is 1. The second-order valence-electron chi connectivity index (χ2n) is 2.58. The fourth-order valence-corrected chi connectivity index (χ4v) is 1.17. The van der Waals surface area contributed by atoms with Crippen molar-refractivity contribution in [2.24, 2.45) is 0 Å². The number of pyridine rings is 1. The molecule has 0 saturated heterocycles. The van der Waals surface area contributed by atoms with Gasteiger partial charge in [0.15, 0.2) is 0 Å². The highest BCUT2D eigenvalue weighted by atomic mass is 35.5. The lowest BCUT2D eigenvalue weighted by Gasteiger charge is -2.06. The van der Waals surface area contributed by atoms with Crippen LogP contribution in [-0.2, 0) is 4.74 Å². The molecule has 0 aliphatic heterocycles. The number of nitrogens with zero attached hydrogens (tertiary/aromatic N) is 2. The van der Waals surface area contributed by atoms with Crippen molar-refractivity contribution in [3.05, 3.63) is 22.5 Å². The summed E-state index contributed by atoms with van der Waals surface area (Å²) in [4.78, 5) is 15.0. The number of nitrogens with two attached hydrogens (primary N) is 1. The minimum absolute atomic E-state index is 0.00375. The standard InChI is InChI=1S/C9H8ClN3O2/c1-2-15-9(14)6-4-13-8(10)5(3-11)7(6)12/h4H,2H2,1H3,(H2,12,13). The van der Waals surface area contributed by atoms with Gasteiger partial charge in [-0.1, -0.05) is 11.6 Å². The number of aromatic nitrogens is 1. The Labute approximate surface area is 91.4 Å². The summed E-state index contributed by atoms with van der Waals surface area (Å²) in [6, 6.07) is 1.77. The summed E-state index contributed by atoms with van der Waals surface area (Å²) < 4.78 is 4.74. The number of halogens is 1. The monoisotopic (exact) mass is 225 g/mol. The molecule has 1 rings (SSSR count). The molecule has 0 aliphatic carbocycles. The summed E-state index contributed by atoms with van der Waals surface area (Å²) in [5.41, 5.74) is 5.62. The van der Waals surface area contributed by atoms with Crippen LogP contribution in [0.25, 0.3) is 0 Å². The zero-order valence-corrected chi connectivity index (χ0v) is 8.71. The van der Waals surface area contributed by atoms with Crippen LogP contribution in [0.3, 0.4) is 0 Å². The van der Waals surface area contributed by atoms with Crippen LogP contribution >= 0.6 is 11.6 Å². The number of carbonyl (C=O) groups excluding carboxylic acids is 1. The Morgan fingerprint density at radius 1 is 1.80 bits per heavy atom. The van der Waals surface area contributed by atoms with Crippen molar-refractivity contribution < 1.29 is 9.53 Å². The van der Waals surface area contributed by atoms with E-state index in [1.165, 1.54) is 6.20 Å². The number of hydrogen-bond donors (Lipinski definition) is 1. The number of esters is 1. The molecule has 0 saturated carbocycles. The number of anilines is 1. The van der Waals surface area contributed by atoms with Crippen molar-refractivity contribution in [3.8, 4) is 6.07 Å². The molecule has 0 unspecified atom stereocenters. The molecule has 5 nitrogen and oxygen atoms in total. The van der Waals surface area contributed by atoms with Gasteiger partial charge in [0.1, 0.15) is 22.3 Å². The fourth-order valence-electron chi connectivity index (χ4n) is 0.979. The lowest BCUT2D eigenvalue weighted by Crippen LogP contribution is -2.10. The largest absolute Gasteiger partial charge is 0.462 e. The smallest absolute Gasteiger partial charge is 0.341 e. The molecule has 6 heteroatoms. The minimum atomic E-state index is -0.615. The van der Waals surface area contributed by atoms with Gasteiger partial charge in [-0.2, -0.15) is 5.26 Å². The van der Waals surface area contributed by atoms with Crippen molar-refractivity contribution in [1.82, 2.24) is 4.98 Å². The molecule has 78 valence electrons. The molecule has 0 aromatic carbocycles. The molecule has 0 radical (unpaired) electrons. The second kappa shape index (κ2) is 4.62. The van der Waals surface area contributed by atoms with E-state index in [4.69, 9.17) is 27.3 Å². The number of carbonyl (C=O) groups is 1. The van der Waals surface area contributed by atoms with E-state index >= 15 is 0 Å². The van der Waals surface area contributed by atoms with Crippen molar-refractivity contribution in [3.63, 3.8) is 0 Å². The van der Waals surface area contributed by atoms with Crippen LogP contribution in [0.4, 0.5) is 5.69 Å². The van der Waals surface area contributed by atoms with Gasteiger partial charge < -0.3 is 10.5 Å². The maximum Gasteiger partial charge on any atom is 0.341 e. The van der Waals surface area contributed by atoms with Gasteiger partial charge in [-0.15, -0.1) is 0 Å². The van der Waals surface area contributed by atoms with E-state index < -0.39 is 5.97 Å². The summed E-state index contributed by atoms with van der Waals surface area (Å²) in [7, 11) is 0. The van der Waals surface area contributed by atoms with Crippen LogP contribution in [0.2, 0.25) is 5.15 Å². The Bertz CT molecular complexity index is 440. The average Bonchev–Trinajstić information content (AvgIpc) is 2.18. The van der Waals surface area contributed by atoms with Gasteiger partial charge in [0, 0.05) is 6.20 Å². The number of hydrogen-bond acceptors (Lipinski definition) is 5. The maximum atomic E-state index is 11.4. The molecule has 1 heterocycles. The Morgan fingerprint density at radius 3 is 3.00 bits per heavy atom. The quantitative estimate of drug-likeness (QED) is 0.606. The van der Waals surface area contributed by atoms with Gasteiger partial charge in [0.2, 0.25) is 0 Å². The van der Waals surface area contributed by atoms with Crippen LogP contribution in [0, 0.1) is 11.3 Å². The number of nitrogen functional groups attached to an aromatic ring is 1. The number of nitriles is 1. The Balaban J connectivity index is 3.23. The zero-order valence-electron chi connectivity index (χ0n) is 7.95. The van der Waals surface area contributed by atoms with Crippen LogP contribution in [0.1, 0.15) is 22.8 Å². The lowest BCUT2D eigenvalue weighted by molar-refractivity contribution is 0.0527. The molecule has 0 spiro atoms. The van der Waals surface area contributed by atoms with Crippen LogP contribution < -0.4 is 5.73 Å². The topological polar surface area (TPSA) is 89.0 Å². The van der Waals surface area contributed by atoms with E-state index in [0.717, 1.165) is 0 Å². The Morgan fingerprint density at radius 2 is 2.47 bits per heavy atom. The first-order valence-electron chi connectivity index (χ1n) is 4.13.